The lowest BCUT2D eigenvalue weighted by molar-refractivity contribution is 0.102. The van der Waals surface area contributed by atoms with Crippen molar-refractivity contribution >= 4 is 17.2 Å². The summed E-state index contributed by atoms with van der Waals surface area (Å²) in [5.74, 6) is -0.0340. The fourth-order valence-electron chi connectivity index (χ4n) is 2.40. The molecular formula is C17H16FN3O2. The Morgan fingerprint density at radius 1 is 1.26 bits per heavy atom. The van der Waals surface area contributed by atoms with Gasteiger partial charge in [-0.25, -0.2) is 9.37 Å². The number of aryl methyl sites for hydroxylation is 1. The average Bonchev–Trinajstić information content (AvgIpc) is 2.84. The molecule has 1 N–H and O–H groups in total. The van der Waals surface area contributed by atoms with Gasteiger partial charge >= 0.3 is 0 Å². The van der Waals surface area contributed by atoms with Crippen molar-refractivity contribution in [1.29, 1.82) is 0 Å². The number of ether oxygens (including phenoxy) is 1. The summed E-state index contributed by atoms with van der Waals surface area (Å²) in [5, 5.41) is 2.79. The zero-order valence-electron chi connectivity index (χ0n) is 12.8. The molecule has 0 saturated heterocycles. The molecular weight excluding hydrogens is 297 g/mol. The second kappa shape index (κ2) is 6.08. The molecule has 1 amide bonds. The van der Waals surface area contributed by atoms with Gasteiger partial charge in [-0.2, -0.15) is 0 Å². The molecule has 2 aromatic heterocycles. The van der Waals surface area contributed by atoms with Gasteiger partial charge in [-0.3, -0.25) is 9.20 Å². The maximum Gasteiger partial charge on any atom is 0.274 e. The lowest BCUT2D eigenvalue weighted by Crippen LogP contribution is -2.15. The Balaban J connectivity index is 1.88. The summed E-state index contributed by atoms with van der Waals surface area (Å²) < 4.78 is 20.3. The third kappa shape index (κ3) is 3.01. The van der Waals surface area contributed by atoms with Crippen LogP contribution in [-0.4, -0.2) is 21.9 Å². The van der Waals surface area contributed by atoms with Crippen molar-refractivity contribution < 1.29 is 13.9 Å². The Kier molecular flexibility index (Phi) is 3.97. The Morgan fingerprint density at radius 2 is 2.00 bits per heavy atom. The predicted octanol–water partition coefficient (Wildman–Crippen LogP) is 3.43. The topological polar surface area (TPSA) is 55.6 Å². The minimum Gasteiger partial charge on any atom is -0.494 e. The molecule has 0 aliphatic heterocycles. The van der Waals surface area contributed by atoms with Crippen molar-refractivity contribution in [3.63, 3.8) is 0 Å². The van der Waals surface area contributed by atoms with Gasteiger partial charge in [0.1, 0.15) is 22.9 Å². The highest BCUT2D eigenvalue weighted by atomic mass is 19.1. The molecule has 0 aliphatic rings. The zero-order valence-corrected chi connectivity index (χ0v) is 12.8. The van der Waals surface area contributed by atoms with Crippen LogP contribution in [-0.2, 0) is 0 Å². The van der Waals surface area contributed by atoms with E-state index in [1.165, 1.54) is 22.7 Å². The maximum atomic E-state index is 13.4. The highest BCUT2D eigenvalue weighted by molar-refractivity contribution is 6.04. The van der Waals surface area contributed by atoms with Crippen LogP contribution in [0.5, 0.6) is 5.75 Å². The summed E-state index contributed by atoms with van der Waals surface area (Å²) in [6.07, 6.45) is 1.25. The van der Waals surface area contributed by atoms with Crippen LogP contribution in [0.25, 0.3) is 5.65 Å². The van der Waals surface area contributed by atoms with Crippen molar-refractivity contribution in [2.45, 2.75) is 13.8 Å². The summed E-state index contributed by atoms with van der Waals surface area (Å²) in [7, 11) is 0. The number of halogens is 1. The van der Waals surface area contributed by atoms with Crippen molar-refractivity contribution in [2.75, 3.05) is 11.9 Å². The van der Waals surface area contributed by atoms with Gasteiger partial charge in [0.25, 0.3) is 5.91 Å². The van der Waals surface area contributed by atoms with Crippen LogP contribution in [0.4, 0.5) is 10.1 Å². The van der Waals surface area contributed by atoms with Gasteiger partial charge in [-0.1, -0.05) is 0 Å². The molecule has 0 atom stereocenters. The van der Waals surface area contributed by atoms with Crippen LogP contribution < -0.4 is 10.1 Å². The first-order valence-corrected chi connectivity index (χ1v) is 7.27. The molecule has 3 rings (SSSR count). The van der Waals surface area contributed by atoms with E-state index in [1.54, 1.807) is 31.2 Å². The molecule has 0 spiro atoms. The monoisotopic (exact) mass is 313 g/mol. The summed E-state index contributed by atoms with van der Waals surface area (Å²) in [5.41, 5.74) is 2.01. The predicted molar refractivity (Wildman–Crippen MR) is 85.5 cm³/mol. The van der Waals surface area contributed by atoms with Crippen molar-refractivity contribution in [3.05, 3.63) is 59.8 Å². The number of hydrogen-bond acceptors (Lipinski definition) is 3. The molecule has 5 nitrogen and oxygen atoms in total. The minimum absolute atomic E-state index is 0.313. The van der Waals surface area contributed by atoms with Crippen molar-refractivity contribution in [1.82, 2.24) is 9.38 Å². The lowest BCUT2D eigenvalue weighted by Gasteiger charge is -2.08. The van der Waals surface area contributed by atoms with Crippen LogP contribution in [0, 0.1) is 12.7 Å². The second-order valence-electron chi connectivity index (χ2n) is 5.03. The fraction of sp³-hybridized carbons (Fsp3) is 0.176. The number of pyridine rings is 1. The highest BCUT2D eigenvalue weighted by Crippen LogP contribution is 2.18. The summed E-state index contributed by atoms with van der Waals surface area (Å²) in [6.45, 7) is 4.21. The second-order valence-corrected chi connectivity index (χ2v) is 5.03. The normalized spacial score (nSPS) is 10.7. The van der Waals surface area contributed by atoms with E-state index in [2.05, 4.69) is 10.3 Å². The molecule has 118 valence electrons. The van der Waals surface area contributed by atoms with Gasteiger partial charge in [0.2, 0.25) is 0 Å². The van der Waals surface area contributed by atoms with Gasteiger partial charge in [0.15, 0.2) is 0 Å². The van der Waals surface area contributed by atoms with E-state index in [-0.39, 0.29) is 5.91 Å². The molecule has 0 radical (unpaired) electrons. The van der Waals surface area contributed by atoms with E-state index < -0.39 is 5.82 Å². The number of fused-ring (bicyclic) bond motifs is 1. The van der Waals surface area contributed by atoms with E-state index in [1.807, 2.05) is 6.92 Å². The molecule has 3 aromatic rings. The number of carbonyl (C=O) groups excluding carboxylic acids is 1. The molecule has 0 fully saturated rings. The number of carbonyl (C=O) groups is 1. The summed E-state index contributed by atoms with van der Waals surface area (Å²) in [6, 6.07) is 9.91. The first-order chi connectivity index (χ1) is 11.1. The molecule has 2 heterocycles. The Morgan fingerprint density at radius 3 is 2.70 bits per heavy atom. The van der Waals surface area contributed by atoms with E-state index in [9.17, 15) is 9.18 Å². The largest absolute Gasteiger partial charge is 0.494 e. The molecule has 1 aromatic carbocycles. The van der Waals surface area contributed by atoms with Crippen LogP contribution in [0.3, 0.4) is 0 Å². The fourth-order valence-corrected chi connectivity index (χ4v) is 2.40. The number of rotatable bonds is 4. The van der Waals surface area contributed by atoms with E-state index in [0.29, 0.717) is 29.3 Å². The molecule has 6 heteroatoms. The molecule has 0 bridgehead atoms. The third-order valence-electron chi connectivity index (χ3n) is 3.40. The van der Waals surface area contributed by atoms with Gasteiger partial charge in [-0.15, -0.1) is 0 Å². The lowest BCUT2D eigenvalue weighted by atomic mass is 10.2. The van der Waals surface area contributed by atoms with E-state index >= 15 is 0 Å². The van der Waals surface area contributed by atoms with Crippen LogP contribution >= 0.6 is 0 Å². The van der Waals surface area contributed by atoms with Crippen molar-refractivity contribution in [2.24, 2.45) is 0 Å². The summed E-state index contributed by atoms with van der Waals surface area (Å²) in [4.78, 5) is 16.8. The smallest absolute Gasteiger partial charge is 0.274 e. The molecule has 0 saturated carbocycles. The number of benzene rings is 1. The van der Waals surface area contributed by atoms with E-state index in [4.69, 9.17) is 4.74 Å². The number of imidazole rings is 1. The van der Waals surface area contributed by atoms with Gasteiger partial charge < -0.3 is 10.1 Å². The van der Waals surface area contributed by atoms with Crippen LogP contribution in [0.1, 0.15) is 23.1 Å². The first kappa shape index (κ1) is 15.0. The Labute approximate surface area is 132 Å². The highest BCUT2D eigenvalue weighted by Gasteiger charge is 2.17. The van der Waals surface area contributed by atoms with Crippen LogP contribution in [0.2, 0.25) is 0 Å². The molecule has 23 heavy (non-hydrogen) atoms. The number of anilines is 1. The number of nitrogens with zero attached hydrogens (tertiary/aromatic N) is 2. The van der Waals surface area contributed by atoms with Gasteiger partial charge in [-0.05, 0) is 50.2 Å². The minimum atomic E-state index is -0.426. The number of nitrogens with one attached hydrogen (secondary N) is 1. The Bertz CT molecular complexity index is 856. The average molecular weight is 313 g/mol. The van der Waals surface area contributed by atoms with Crippen LogP contribution in [0.15, 0.2) is 42.6 Å². The van der Waals surface area contributed by atoms with Crippen molar-refractivity contribution in [3.8, 4) is 5.75 Å². The Hall–Kier alpha value is -2.89. The number of aromatic nitrogens is 2. The SMILES string of the molecule is CCOc1ccc(NC(=O)c2c(C)nc3ccc(F)cn23)cc1. The molecule has 0 unspecified atom stereocenters. The number of amides is 1. The molecule has 0 aliphatic carbocycles. The van der Waals surface area contributed by atoms with Gasteiger partial charge in [0.05, 0.1) is 12.3 Å². The first-order valence-electron chi connectivity index (χ1n) is 7.27. The number of hydrogen-bond donors (Lipinski definition) is 1. The van der Waals surface area contributed by atoms with E-state index in [0.717, 1.165) is 5.75 Å². The summed E-state index contributed by atoms with van der Waals surface area (Å²) >= 11 is 0. The quantitative estimate of drug-likeness (QED) is 0.803. The standard InChI is InChI=1S/C17H16FN3O2/c1-3-23-14-7-5-13(6-8-14)20-17(22)16-11(2)19-15-9-4-12(18)10-21(15)16/h4-10H,3H2,1-2H3,(H,20,22). The maximum absolute atomic E-state index is 13.4. The zero-order chi connectivity index (χ0) is 16.4. The van der Waals surface area contributed by atoms with Gasteiger partial charge in [0, 0.05) is 11.9 Å². The third-order valence-corrected chi connectivity index (χ3v) is 3.40.